The molecule has 0 bridgehead atoms. The number of aromatic hydroxyl groups is 1. The van der Waals surface area contributed by atoms with Crippen molar-refractivity contribution < 1.29 is 14.3 Å². The quantitative estimate of drug-likeness (QED) is 0.911. The number of halogens is 2. The summed E-state index contributed by atoms with van der Waals surface area (Å²) in [5, 5.41) is 12.4. The number of amides is 1. The lowest BCUT2D eigenvalue weighted by atomic mass is 10.1. The number of carbonyl (C=O) groups is 1. The van der Waals surface area contributed by atoms with E-state index in [0.717, 1.165) is 5.56 Å². The van der Waals surface area contributed by atoms with Crippen molar-refractivity contribution in [2.24, 2.45) is 0 Å². The lowest BCUT2D eigenvalue weighted by molar-refractivity contribution is 0.0948. The summed E-state index contributed by atoms with van der Waals surface area (Å²) in [4.78, 5) is 11.9. The molecule has 0 aliphatic heterocycles. The average molecular weight is 324 g/mol. The van der Waals surface area contributed by atoms with Gasteiger partial charge in [0.1, 0.15) is 11.6 Å². The topological polar surface area (TPSA) is 49.3 Å². The van der Waals surface area contributed by atoms with Crippen LogP contribution in [0.3, 0.4) is 0 Å². The molecular formula is C14H11BrFNO2. The molecule has 0 radical (unpaired) electrons. The second-order valence-corrected chi connectivity index (χ2v) is 4.80. The fraction of sp³-hybridized carbons (Fsp3) is 0.0714. The first-order chi connectivity index (χ1) is 9.08. The van der Waals surface area contributed by atoms with Crippen LogP contribution in [0.4, 0.5) is 4.39 Å². The molecule has 5 heteroatoms. The highest BCUT2D eigenvalue weighted by Gasteiger charge is 2.12. The van der Waals surface area contributed by atoms with Gasteiger partial charge in [-0.1, -0.05) is 18.2 Å². The van der Waals surface area contributed by atoms with Gasteiger partial charge in [-0.05, 0) is 45.8 Å². The third-order valence-corrected chi connectivity index (χ3v) is 3.24. The molecule has 0 atom stereocenters. The number of carbonyl (C=O) groups excluding carboxylic acids is 1. The molecule has 0 saturated carbocycles. The van der Waals surface area contributed by atoms with Gasteiger partial charge in [0.05, 0.1) is 10.0 Å². The second-order valence-electron chi connectivity index (χ2n) is 3.95. The first-order valence-electron chi connectivity index (χ1n) is 5.58. The van der Waals surface area contributed by atoms with Crippen LogP contribution in [0, 0.1) is 5.82 Å². The number of phenols is 1. The van der Waals surface area contributed by atoms with Gasteiger partial charge in [0.2, 0.25) is 0 Å². The second kappa shape index (κ2) is 5.84. The van der Waals surface area contributed by atoms with E-state index in [1.165, 1.54) is 18.2 Å². The number of benzene rings is 2. The van der Waals surface area contributed by atoms with Gasteiger partial charge in [-0.15, -0.1) is 0 Å². The minimum absolute atomic E-state index is 0.0980. The molecule has 0 aliphatic carbocycles. The summed E-state index contributed by atoms with van der Waals surface area (Å²) in [6.45, 7) is 0.269. The molecular weight excluding hydrogens is 313 g/mol. The molecule has 0 spiro atoms. The van der Waals surface area contributed by atoms with Crippen molar-refractivity contribution in [2.75, 3.05) is 0 Å². The minimum atomic E-state index is -0.386. The van der Waals surface area contributed by atoms with Crippen LogP contribution in [0.5, 0.6) is 5.75 Å². The van der Waals surface area contributed by atoms with Crippen molar-refractivity contribution in [3.05, 3.63) is 63.9 Å². The summed E-state index contributed by atoms with van der Waals surface area (Å²) in [7, 11) is 0. The number of hydrogen-bond acceptors (Lipinski definition) is 2. The van der Waals surface area contributed by atoms with Crippen molar-refractivity contribution in [1.29, 1.82) is 0 Å². The highest BCUT2D eigenvalue weighted by atomic mass is 79.9. The first kappa shape index (κ1) is 13.5. The summed E-state index contributed by atoms with van der Waals surface area (Å²) >= 11 is 3.15. The molecule has 0 heterocycles. The monoisotopic (exact) mass is 323 g/mol. The lowest BCUT2D eigenvalue weighted by Gasteiger charge is -2.08. The van der Waals surface area contributed by atoms with E-state index in [9.17, 15) is 14.3 Å². The zero-order valence-electron chi connectivity index (χ0n) is 9.86. The van der Waals surface area contributed by atoms with E-state index in [4.69, 9.17) is 0 Å². The van der Waals surface area contributed by atoms with Crippen molar-refractivity contribution in [1.82, 2.24) is 5.32 Å². The Morgan fingerprint density at radius 1 is 1.21 bits per heavy atom. The van der Waals surface area contributed by atoms with Crippen LogP contribution < -0.4 is 5.32 Å². The van der Waals surface area contributed by atoms with Crippen LogP contribution in [0.1, 0.15) is 15.9 Å². The van der Waals surface area contributed by atoms with E-state index < -0.39 is 0 Å². The summed E-state index contributed by atoms with van der Waals surface area (Å²) < 4.78 is 13.2. The number of rotatable bonds is 3. The number of para-hydroxylation sites is 1. The molecule has 2 aromatic rings. The molecule has 0 aromatic heterocycles. The summed E-state index contributed by atoms with van der Waals surface area (Å²) in [6.07, 6.45) is 0. The highest BCUT2D eigenvalue weighted by Crippen LogP contribution is 2.27. The minimum Gasteiger partial charge on any atom is -0.506 e. The molecule has 3 nitrogen and oxygen atoms in total. The molecule has 19 heavy (non-hydrogen) atoms. The summed E-state index contributed by atoms with van der Waals surface area (Å²) in [5.41, 5.74) is 0.973. The average Bonchev–Trinajstić information content (AvgIpc) is 2.41. The Hall–Kier alpha value is -1.88. The predicted molar refractivity (Wildman–Crippen MR) is 73.4 cm³/mol. The summed E-state index contributed by atoms with van der Waals surface area (Å²) in [6, 6.07) is 10.7. The smallest absolute Gasteiger partial charge is 0.255 e. The molecule has 98 valence electrons. The maximum atomic E-state index is 12.7. The lowest BCUT2D eigenvalue weighted by Crippen LogP contribution is -2.22. The largest absolute Gasteiger partial charge is 0.506 e. The molecule has 0 unspecified atom stereocenters. The Kier molecular flexibility index (Phi) is 4.16. The van der Waals surface area contributed by atoms with E-state index in [1.807, 2.05) is 0 Å². The first-order valence-corrected chi connectivity index (χ1v) is 6.37. The number of hydrogen-bond donors (Lipinski definition) is 2. The van der Waals surface area contributed by atoms with Crippen LogP contribution in [0.2, 0.25) is 0 Å². The Morgan fingerprint density at radius 3 is 2.58 bits per heavy atom. The fourth-order valence-electron chi connectivity index (χ4n) is 1.58. The number of nitrogens with one attached hydrogen (secondary N) is 1. The van der Waals surface area contributed by atoms with E-state index >= 15 is 0 Å². The van der Waals surface area contributed by atoms with Crippen LogP contribution in [0.15, 0.2) is 46.9 Å². The van der Waals surface area contributed by atoms with Gasteiger partial charge in [0, 0.05) is 6.54 Å². The maximum absolute atomic E-state index is 12.7. The van der Waals surface area contributed by atoms with Gasteiger partial charge in [0.25, 0.3) is 5.91 Å². The zero-order chi connectivity index (χ0) is 13.8. The highest BCUT2D eigenvalue weighted by molar-refractivity contribution is 9.10. The Balaban J connectivity index is 2.05. The molecule has 0 saturated heterocycles. The van der Waals surface area contributed by atoms with Crippen LogP contribution >= 0.6 is 15.9 Å². The van der Waals surface area contributed by atoms with E-state index in [0.29, 0.717) is 4.47 Å². The van der Waals surface area contributed by atoms with Gasteiger partial charge in [-0.3, -0.25) is 4.79 Å². The van der Waals surface area contributed by atoms with Crippen LogP contribution in [-0.4, -0.2) is 11.0 Å². The Bertz CT molecular complexity index is 599. The third kappa shape index (κ3) is 3.32. The van der Waals surface area contributed by atoms with Gasteiger partial charge in [-0.2, -0.15) is 0 Å². The van der Waals surface area contributed by atoms with Crippen LogP contribution in [0.25, 0.3) is 0 Å². The van der Waals surface area contributed by atoms with Crippen molar-refractivity contribution >= 4 is 21.8 Å². The van der Waals surface area contributed by atoms with E-state index in [2.05, 4.69) is 21.2 Å². The van der Waals surface area contributed by atoms with Gasteiger partial charge in [-0.25, -0.2) is 4.39 Å². The normalized spacial score (nSPS) is 10.2. The van der Waals surface area contributed by atoms with Crippen molar-refractivity contribution in [2.45, 2.75) is 6.54 Å². The fourth-order valence-corrected chi connectivity index (χ4v) is 1.94. The van der Waals surface area contributed by atoms with Gasteiger partial charge < -0.3 is 10.4 Å². The van der Waals surface area contributed by atoms with E-state index in [1.54, 1.807) is 24.3 Å². The third-order valence-electron chi connectivity index (χ3n) is 2.60. The molecule has 0 fully saturated rings. The molecule has 1 amide bonds. The Morgan fingerprint density at radius 2 is 1.89 bits per heavy atom. The van der Waals surface area contributed by atoms with Crippen molar-refractivity contribution in [3.8, 4) is 5.75 Å². The van der Waals surface area contributed by atoms with Gasteiger partial charge >= 0.3 is 0 Å². The molecule has 2 N–H and O–H groups in total. The van der Waals surface area contributed by atoms with E-state index in [-0.39, 0.29) is 29.6 Å². The SMILES string of the molecule is O=C(NCc1ccc(F)cc1)c1cccc(Br)c1O. The zero-order valence-corrected chi connectivity index (χ0v) is 11.4. The molecule has 2 aromatic carbocycles. The standard InChI is InChI=1S/C14H11BrFNO2/c15-12-3-1-2-11(13(12)18)14(19)17-8-9-4-6-10(16)7-5-9/h1-7,18H,8H2,(H,17,19). The number of phenolic OH excluding ortho intramolecular Hbond substituents is 1. The predicted octanol–water partition coefficient (Wildman–Crippen LogP) is 3.22. The molecule has 2 rings (SSSR count). The van der Waals surface area contributed by atoms with Crippen LogP contribution in [-0.2, 0) is 6.54 Å². The Labute approximate surface area is 118 Å². The summed E-state index contributed by atoms with van der Waals surface area (Å²) in [5.74, 6) is -0.804. The maximum Gasteiger partial charge on any atom is 0.255 e. The molecule has 0 aliphatic rings. The van der Waals surface area contributed by atoms with Gasteiger partial charge in [0.15, 0.2) is 0 Å². The van der Waals surface area contributed by atoms with Crippen molar-refractivity contribution in [3.63, 3.8) is 0 Å².